The van der Waals surface area contributed by atoms with E-state index in [9.17, 15) is 4.79 Å². The highest BCUT2D eigenvalue weighted by Crippen LogP contribution is 2.25. The van der Waals surface area contributed by atoms with Gasteiger partial charge in [0.15, 0.2) is 0 Å². The van der Waals surface area contributed by atoms with Crippen LogP contribution < -0.4 is 10.2 Å². The molecule has 0 aromatic heterocycles. The standard InChI is InChI=1S/C19H29N3O2/c1-20-17-9-6-12-22(19(23)24-2)18(17)14-15-7-5-8-16(13-15)21-10-3-4-11-21/h5,7-8,13,17-18,20H,3-4,6,9-12,14H2,1-2H3. The van der Waals surface area contributed by atoms with Crippen LogP contribution in [0, 0.1) is 0 Å². The van der Waals surface area contributed by atoms with Crippen molar-refractivity contribution >= 4 is 11.8 Å². The van der Waals surface area contributed by atoms with E-state index in [1.807, 2.05) is 11.9 Å². The minimum absolute atomic E-state index is 0.144. The van der Waals surface area contributed by atoms with Crippen LogP contribution in [0.25, 0.3) is 0 Å². The largest absolute Gasteiger partial charge is 0.453 e. The Kier molecular flexibility index (Phi) is 5.61. The number of hydrogen-bond donors (Lipinski definition) is 1. The molecule has 2 saturated heterocycles. The molecule has 2 unspecified atom stereocenters. The zero-order valence-corrected chi connectivity index (χ0v) is 14.8. The normalized spacial score (nSPS) is 24.2. The smallest absolute Gasteiger partial charge is 0.409 e. The molecule has 5 nitrogen and oxygen atoms in total. The van der Waals surface area contributed by atoms with Gasteiger partial charge in [0.25, 0.3) is 0 Å². The second-order valence-corrected chi connectivity index (χ2v) is 6.84. The van der Waals surface area contributed by atoms with Gasteiger partial charge in [0, 0.05) is 31.4 Å². The van der Waals surface area contributed by atoms with Crippen LogP contribution >= 0.6 is 0 Å². The van der Waals surface area contributed by atoms with Gasteiger partial charge in [0.2, 0.25) is 0 Å². The molecule has 1 aromatic rings. The van der Waals surface area contributed by atoms with E-state index in [0.717, 1.165) is 38.9 Å². The first-order valence-corrected chi connectivity index (χ1v) is 9.08. The van der Waals surface area contributed by atoms with Gasteiger partial charge >= 0.3 is 6.09 Å². The summed E-state index contributed by atoms with van der Waals surface area (Å²) < 4.78 is 5.01. The van der Waals surface area contributed by atoms with E-state index in [0.29, 0.717) is 6.04 Å². The maximum Gasteiger partial charge on any atom is 0.409 e. The number of anilines is 1. The third kappa shape index (κ3) is 3.66. The second-order valence-electron chi connectivity index (χ2n) is 6.84. The summed E-state index contributed by atoms with van der Waals surface area (Å²) in [5.41, 5.74) is 2.60. The van der Waals surface area contributed by atoms with E-state index in [1.54, 1.807) is 0 Å². The third-order valence-corrected chi connectivity index (χ3v) is 5.39. The summed E-state index contributed by atoms with van der Waals surface area (Å²) in [6, 6.07) is 9.27. The fourth-order valence-corrected chi connectivity index (χ4v) is 4.09. The molecule has 1 N–H and O–H groups in total. The molecule has 3 rings (SSSR count). The number of hydrogen-bond acceptors (Lipinski definition) is 4. The Morgan fingerprint density at radius 2 is 2.04 bits per heavy atom. The van der Waals surface area contributed by atoms with Crippen molar-refractivity contribution in [1.82, 2.24) is 10.2 Å². The van der Waals surface area contributed by atoms with Gasteiger partial charge in [0.1, 0.15) is 0 Å². The number of ether oxygens (including phenoxy) is 1. The first-order valence-electron chi connectivity index (χ1n) is 9.08. The van der Waals surface area contributed by atoms with Crippen LogP contribution in [0.2, 0.25) is 0 Å². The number of carbonyl (C=O) groups is 1. The predicted octanol–water partition coefficient (Wildman–Crippen LogP) is 2.65. The first-order chi connectivity index (χ1) is 11.7. The second kappa shape index (κ2) is 7.88. The van der Waals surface area contributed by atoms with Crippen LogP contribution in [0.4, 0.5) is 10.5 Å². The van der Waals surface area contributed by atoms with Gasteiger partial charge in [0.05, 0.1) is 13.2 Å². The van der Waals surface area contributed by atoms with Gasteiger partial charge in [-0.25, -0.2) is 4.79 Å². The highest BCUT2D eigenvalue weighted by atomic mass is 16.5. The van der Waals surface area contributed by atoms with Crippen molar-refractivity contribution in [3.8, 4) is 0 Å². The topological polar surface area (TPSA) is 44.8 Å². The summed E-state index contributed by atoms with van der Waals surface area (Å²) in [7, 11) is 3.45. The number of amides is 1. The lowest BCUT2D eigenvalue weighted by atomic mass is 9.91. The van der Waals surface area contributed by atoms with Crippen molar-refractivity contribution in [3.63, 3.8) is 0 Å². The number of nitrogens with one attached hydrogen (secondary N) is 1. The number of likely N-dealkylation sites (N-methyl/N-ethyl adjacent to an activating group) is 1. The average molecular weight is 331 g/mol. The Morgan fingerprint density at radius 1 is 1.25 bits per heavy atom. The lowest BCUT2D eigenvalue weighted by Crippen LogP contribution is -2.56. The molecule has 132 valence electrons. The van der Waals surface area contributed by atoms with Crippen LogP contribution in [0.15, 0.2) is 24.3 Å². The highest BCUT2D eigenvalue weighted by Gasteiger charge is 2.34. The van der Waals surface area contributed by atoms with Crippen LogP contribution in [-0.2, 0) is 11.2 Å². The van der Waals surface area contributed by atoms with Gasteiger partial charge in [-0.2, -0.15) is 0 Å². The zero-order chi connectivity index (χ0) is 16.9. The number of methoxy groups -OCH3 is 1. The molecule has 24 heavy (non-hydrogen) atoms. The van der Waals surface area contributed by atoms with Crippen molar-refractivity contribution in [1.29, 1.82) is 0 Å². The number of piperidine rings is 1. The van der Waals surface area contributed by atoms with Crippen LogP contribution in [0.5, 0.6) is 0 Å². The van der Waals surface area contributed by atoms with Gasteiger partial charge in [-0.1, -0.05) is 12.1 Å². The Bertz CT molecular complexity index is 557. The molecule has 1 aromatic carbocycles. The predicted molar refractivity (Wildman–Crippen MR) is 96.6 cm³/mol. The molecule has 2 heterocycles. The van der Waals surface area contributed by atoms with E-state index >= 15 is 0 Å². The molecular weight excluding hydrogens is 302 g/mol. The SMILES string of the molecule is CNC1CCCN(C(=O)OC)C1Cc1cccc(N2CCCC2)c1. The van der Waals surface area contributed by atoms with Crippen molar-refractivity contribution < 1.29 is 9.53 Å². The molecule has 1 amide bonds. The van der Waals surface area contributed by atoms with E-state index in [1.165, 1.54) is 31.2 Å². The lowest BCUT2D eigenvalue weighted by molar-refractivity contribution is 0.0767. The number of carbonyl (C=O) groups excluding carboxylic acids is 1. The van der Waals surface area contributed by atoms with Gasteiger partial charge in [-0.15, -0.1) is 0 Å². The van der Waals surface area contributed by atoms with E-state index in [2.05, 4.69) is 34.5 Å². The first kappa shape index (κ1) is 17.1. The number of benzene rings is 1. The Labute approximate surface area is 145 Å². The monoisotopic (exact) mass is 331 g/mol. The van der Waals surface area contributed by atoms with Crippen LogP contribution in [-0.4, -0.2) is 56.9 Å². The molecule has 0 spiro atoms. The van der Waals surface area contributed by atoms with Gasteiger partial charge < -0.3 is 19.9 Å². The molecule has 2 fully saturated rings. The summed E-state index contributed by atoms with van der Waals surface area (Å²) in [6.45, 7) is 3.09. The van der Waals surface area contributed by atoms with Crippen molar-refractivity contribution in [3.05, 3.63) is 29.8 Å². The number of rotatable bonds is 4. The average Bonchev–Trinajstić information content (AvgIpc) is 3.16. The number of nitrogens with zero attached hydrogens (tertiary/aromatic N) is 2. The molecule has 0 bridgehead atoms. The summed E-state index contributed by atoms with van der Waals surface area (Å²) in [5, 5.41) is 3.39. The fraction of sp³-hybridized carbons (Fsp3) is 0.632. The molecule has 0 aliphatic carbocycles. The van der Waals surface area contributed by atoms with E-state index in [-0.39, 0.29) is 12.1 Å². The summed E-state index contributed by atoms with van der Waals surface area (Å²) in [4.78, 5) is 16.5. The highest BCUT2D eigenvalue weighted by molar-refractivity contribution is 5.68. The quantitative estimate of drug-likeness (QED) is 0.921. The molecule has 2 aliphatic rings. The molecule has 5 heteroatoms. The summed E-state index contributed by atoms with van der Waals surface area (Å²) in [5.74, 6) is 0. The molecular formula is C19H29N3O2. The van der Waals surface area contributed by atoms with Crippen molar-refractivity contribution in [2.24, 2.45) is 0 Å². The number of likely N-dealkylation sites (tertiary alicyclic amines) is 1. The van der Waals surface area contributed by atoms with Crippen LogP contribution in [0.1, 0.15) is 31.2 Å². The minimum atomic E-state index is -0.212. The minimum Gasteiger partial charge on any atom is -0.453 e. The Morgan fingerprint density at radius 3 is 2.75 bits per heavy atom. The Hall–Kier alpha value is -1.75. The lowest BCUT2D eigenvalue weighted by Gasteiger charge is -2.40. The molecule has 2 aliphatic heterocycles. The summed E-state index contributed by atoms with van der Waals surface area (Å²) in [6.07, 6.45) is 5.33. The van der Waals surface area contributed by atoms with Gasteiger partial charge in [-0.3, -0.25) is 0 Å². The van der Waals surface area contributed by atoms with Crippen molar-refractivity contribution in [2.45, 2.75) is 44.2 Å². The van der Waals surface area contributed by atoms with E-state index < -0.39 is 0 Å². The van der Waals surface area contributed by atoms with Crippen molar-refractivity contribution in [2.75, 3.05) is 38.7 Å². The maximum atomic E-state index is 12.2. The van der Waals surface area contributed by atoms with Gasteiger partial charge in [-0.05, 0) is 56.8 Å². The van der Waals surface area contributed by atoms with E-state index in [4.69, 9.17) is 4.74 Å². The maximum absolute atomic E-state index is 12.2. The summed E-state index contributed by atoms with van der Waals surface area (Å²) >= 11 is 0. The molecule has 0 saturated carbocycles. The van der Waals surface area contributed by atoms with Crippen LogP contribution in [0.3, 0.4) is 0 Å². The molecule has 0 radical (unpaired) electrons. The zero-order valence-electron chi connectivity index (χ0n) is 14.8. The molecule has 2 atom stereocenters. The third-order valence-electron chi connectivity index (χ3n) is 5.39. The Balaban J connectivity index is 1.78. The fourth-order valence-electron chi connectivity index (χ4n) is 4.09.